The molecule has 0 spiro atoms. The van der Waals surface area contributed by atoms with Gasteiger partial charge >= 0.3 is 0 Å². The Morgan fingerprint density at radius 3 is 2.38 bits per heavy atom. The van der Waals surface area contributed by atoms with Crippen LogP contribution < -0.4 is 10.6 Å². The summed E-state index contributed by atoms with van der Waals surface area (Å²) < 4.78 is 0. The molecule has 1 fully saturated rings. The average Bonchev–Trinajstić information content (AvgIpc) is 2.47. The molecule has 126 valence electrons. The van der Waals surface area contributed by atoms with Crippen molar-refractivity contribution in [1.29, 1.82) is 0 Å². The van der Waals surface area contributed by atoms with Gasteiger partial charge in [0, 0.05) is 19.6 Å². The zero-order chi connectivity index (χ0) is 14.6. The number of halogens is 1. The van der Waals surface area contributed by atoms with Gasteiger partial charge in [-0.1, -0.05) is 20.3 Å². The van der Waals surface area contributed by atoms with E-state index in [2.05, 4.69) is 36.3 Å². The Balaban J connectivity index is 0.00000400. The standard InChI is InChI=1S/C16H34N4.HI/c1-4-7-10-18-16(17-6-3)19-14-15-8-12-20(11-5-2)13-9-15;/h15H,4-14H2,1-3H3,(H2,17,18,19);1H. The van der Waals surface area contributed by atoms with Crippen molar-refractivity contribution in [3.05, 3.63) is 0 Å². The van der Waals surface area contributed by atoms with Gasteiger partial charge in [-0.15, -0.1) is 24.0 Å². The summed E-state index contributed by atoms with van der Waals surface area (Å²) in [4.78, 5) is 7.34. The molecular formula is C16H35IN4. The average molecular weight is 410 g/mol. The Morgan fingerprint density at radius 2 is 1.81 bits per heavy atom. The molecule has 0 aromatic heterocycles. The Bertz CT molecular complexity index is 263. The molecule has 0 aromatic carbocycles. The van der Waals surface area contributed by atoms with E-state index >= 15 is 0 Å². The number of guanidine groups is 1. The second-order valence-electron chi connectivity index (χ2n) is 5.78. The number of nitrogens with one attached hydrogen (secondary N) is 2. The third kappa shape index (κ3) is 9.55. The van der Waals surface area contributed by atoms with E-state index in [4.69, 9.17) is 4.99 Å². The number of hydrogen-bond acceptors (Lipinski definition) is 2. The summed E-state index contributed by atoms with van der Waals surface area (Å²) in [5.74, 6) is 1.77. The van der Waals surface area contributed by atoms with Crippen molar-refractivity contribution in [1.82, 2.24) is 15.5 Å². The van der Waals surface area contributed by atoms with E-state index in [1.807, 2.05) is 0 Å². The van der Waals surface area contributed by atoms with Crippen LogP contribution in [-0.4, -0.2) is 50.1 Å². The lowest BCUT2D eigenvalue weighted by Crippen LogP contribution is -2.39. The van der Waals surface area contributed by atoms with Crippen LogP contribution in [0.5, 0.6) is 0 Å². The summed E-state index contributed by atoms with van der Waals surface area (Å²) in [5.41, 5.74) is 0. The molecule has 21 heavy (non-hydrogen) atoms. The largest absolute Gasteiger partial charge is 0.357 e. The van der Waals surface area contributed by atoms with Crippen LogP contribution in [0.15, 0.2) is 4.99 Å². The monoisotopic (exact) mass is 410 g/mol. The molecule has 0 amide bonds. The van der Waals surface area contributed by atoms with Crippen molar-refractivity contribution in [3.8, 4) is 0 Å². The Hall–Kier alpha value is -0.0400. The smallest absolute Gasteiger partial charge is 0.191 e. The molecule has 1 aliphatic rings. The van der Waals surface area contributed by atoms with Gasteiger partial charge < -0.3 is 15.5 Å². The molecule has 0 aliphatic carbocycles. The number of hydrogen-bond donors (Lipinski definition) is 2. The molecular weight excluding hydrogens is 375 g/mol. The first-order chi connectivity index (χ1) is 9.80. The summed E-state index contributed by atoms with van der Waals surface area (Å²) in [6.07, 6.45) is 6.31. The fourth-order valence-electron chi connectivity index (χ4n) is 2.65. The molecule has 1 aliphatic heterocycles. The number of rotatable bonds is 8. The quantitative estimate of drug-likeness (QED) is 0.280. The molecule has 0 unspecified atom stereocenters. The predicted octanol–water partition coefficient (Wildman–Crippen LogP) is 3.08. The normalized spacial score (nSPS) is 17.4. The molecule has 1 rings (SSSR count). The van der Waals surface area contributed by atoms with Gasteiger partial charge in [0.2, 0.25) is 0 Å². The number of likely N-dealkylation sites (tertiary alicyclic amines) is 1. The summed E-state index contributed by atoms with van der Waals surface area (Å²) in [6, 6.07) is 0. The second kappa shape index (κ2) is 13.6. The zero-order valence-corrected chi connectivity index (χ0v) is 16.5. The molecule has 4 nitrogen and oxygen atoms in total. The molecule has 2 N–H and O–H groups in total. The Kier molecular flexibility index (Phi) is 13.6. The van der Waals surface area contributed by atoms with E-state index in [0.717, 1.165) is 31.5 Å². The maximum Gasteiger partial charge on any atom is 0.191 e. The highest BCUT2D eigenvalue weighted by Gasteiger charge is 2.18. The maximum atomic E-state index is 4.76. The molecule has 0 atom stereocenters. The third-order valence-electron chi connectivity index (χ3n) is 3.92. The van der Waals surface area contributed by atoms with Crippen LogP contribution >= 0.6 is 24.0 Å². The lowest BCUT2D eigenvalue weighted by Gasteiger charge is -2.31. The minimum atomic E-state index is 0. The number of aliphatic imine (C=N–C) groups is 1. The Morgan fingerprint density at radius 1 is 1.10 bits per heavy atom. The van der Waals surface area contributed by atoms with E-state index in [-0.39, 0.29) is 24.0 Å². The van der Waals surface area contributed by atoms with Crippen molar-refractivity contribution in [3.63, 3.8) is 0 Å². The maximum absolute atomic E-state index is 4.76. The van der Waals surface area contributed by atoms with E-state index in [0.29, 0.717) is 0 Å². The summed E-state index contributed by atoms with van der Waals surface area (Å²) in [7, 11) is 0. The first-order valence-electron chi connectivity index (χ1n) is 8.54. The predicted molar refractivity (Wildman–Crippen MR) is 104 cm³/mol. The molecule has 0 aromatic rings. The second-order valence-corrected chi connectivity index (χ2v) is 5.78. The molecule has 5 heteroatoms. The van der Waals surface area contributed by atoms with Gasteiger partial charge in [0.15, 0.2) is 5.96 Å². The molecule has 0 saturated carbocycles. The van der Waals surface area contributed by atoms with Crippen LogP contribution in [0, 0.1) is 5.92 Å². The van der Waals surface area contributed by atoms with Crippen molar-refractivity contribution in [2.75, 3.05) is 39.3 Å². The lowest BCUT2D eigenvalue weighted by molar-refractivity contribution is 0.188. The van der Waals surface area contributed by atoms with Gasteiger partial charge in [0.1, 0.15) is 0 Å². The van der Waals surface area contributed by atoms with Crippen molar-refractivity contribution in [2.45, 2.75) is 52.9 Å². The van der Waals surface area contributed by atoms with Crippen molar-refractivity contribution < 1.29 is 0 Å². The van der Waals surface area contributed by atoms with Crippen LogP contribution in [0.2, 0.25) is 0 Å². The highest BCUT2D eigenvalue weighted by molar-refractivity contribution is 14.0. The van der Waals surface area contributed by atoms with Gasteiger partial charge in [-0.3, -0.25) is 4.99 Å². The lowest BCUT2D eigenvalue weighted by atomic mass is 9.97. The van der Waals surface area contributed by atoms with E-state index in [1.54, 1.807) is 0 Å². The minimum Gasteiger partial charge on any atom is -0.357 e. The van der Waals surface area contributed by atoms with Gasteiger partial charge in [0.25, 0.3) is 0 Å². The molecule has 1 heterocycles. The summed E-state index contributed by atoms with van der Waals surface area (Å²) >= 11 is 0. The van der Waals surface area contributed by atoms with Crippen molar-refractivity contribution >= 4 is 29.9 Å². The van der Waals surface area contributed by atoms with Crippen LogP contribution in [0.25, 0.3) is 0 Å². The minimum absolute atomic E-state index is 0. The van der Waals surface area contributed by atoms with Crippen LogP contribution in [0.3, 0.4) is 0 Å². The number of nitrogens with zero attached hydrogens (tertiary/aromatic N) is 2. The number of piperidine rings is 1. The zero-order valence-electron chi connectivity index (χ0n) is 14.2. The van der Waals surface area contributed by atoms with Gasteiger partial charge in [-0.25, -0.2) is 0 Å². The van der Waals surface area contributed by atoms with E-state index < -0.39 is 0 Å². The fourth-order valence-corrected chi connectivity index (χ4v) is 2.65. The molecule has 0 radical (unpaired) electrons. The Labute approximate surface area is 148 Å². The van der Waals surface area contributed by atoms with E-state index in [1.165, 1.54) is 51.7 Å². The van der Waals surface area contributed by atoms with E-state index in [9.17, 15) is 0 Å². The highest BCUT2D eigenvalue weighted by Crippen LogP contribution is 2.17. The SMILES string of the molecule is CCCCNC(=NCC1CCN(CCC)CC1)NCC.I. The van der Waals surface area contributed by atoms with Gasteiger partial charge in [0.05, 0.1) is 0 Å². The van der Waals surface area contributed by atoms with Crippen LogP contribution in [-0.2, 0) is 0 Å². The van der Waals surface area contributed by atoms with Crippen molar-refractivity contribution in [2.24, 2.45) is 10.9 Å². The highest BCUT2D eigenvalue weighted by atomic mass is 127. The molecule has 1 saturated heterocycles. The molecule has 0 bridgehead atoms. The van der Waals surface area contributed by atoms with Gasteiger partial charge in [-0.05, 0) is 58.2 Å². The summed E-state index contributed by atoms with van der Waals surface area (Å²) in [5, 5.41) is 6.76. The fraction of sp³-hybridized carbons (Fsp3) is 0.938. The first kappa shape index (κ1) is 21.0. The summed E-state index contributed by atoms with van der Waals surface area (Å²) in [6.45, 7) is 13.3. The topological polar surface area (TPSA) is 39.7 Å². The van der Waals surface area contributed by atoms with Crippen LogP contribution in [0.4, 0.5) is 0 Å². The van der Waals surface area contributed by atoms with Gasteiger partial charge in [-0.2, -0.15) is 0 Å². The first-order valence-corrected chi connectivity index (χ1v) is 8.54. The number of unbranched alkanes of at least 4 members (excludes halogenated alkanes) is 1. The third-order valence-corrected chi connectivity index (χ3v) is 3.92. The van der Waals surface area contributed by atoms with Crippen LogP contribution in [0.1, 0.15) is 52.9 Å².